The smallest absolute Gasteiger partial charge is 0.224 e. The lowest BCUT2D eigenvalue weighted by Crippen LogP contribution is -2.47. The number of methoxy groups -OCH3 is 1. The number of carbonyl (C=O) groups excluding carboxylic acids is 1. The first-order valence-electron chi connectivity index (χ1n) is 13.1. The van der Waals surface area contributed by atoms with Crippen LogP contribution >= 0.6 is 0 Å². The topological polar surface area (TPSA) is 59.4 Å². The summed E-state index contributed by atoms with van der Waals surface area (Å²) in [5, 5.41) is 3.00. The van der Waals surface area contributed by atoms with Gasteiger partial charge in [-0.3, -0.25) is 4.79 Å². The van der Waals surface area contributed by atoms with Crippen LogP contribution in [0.3, 0.4) is 0 Å². The molecule has 1 fully saturated rings. The third-order valence-electron chi connectivity index (χ3n) is 7.82. The zero-order valence-electron chi connectivity index (χ0n) is 21.5. The third-order valence-corrected chi connectivity index (χ3v) is 7.82. The number of aromatic nitrogens is 2. The van der Waals surface area contributed by atoms with E-state index in [1.54, 1.807) is 0 Å². The van der Waals surface area contributed by atoms with Gasteiger partial charge in [0.05, 0.1) is 23.2 Å². The van der Waals surface area contributed by atoms with Gasteiger partial charge >= 0.3 is 0 Å². The fourth-order valence-corrected chi connectivity index (χ4v) is 6.07. The molecule has 5 rings (SSSR count). The summed E-state index contributed by atoms with van der Waals surface area (Å²) in [7, 11) is 1.85. The second-order valence-corrected chi connectivity index (χ2v) is 10.3. The summed E-state index contributed by atoms with van der Waals surface area (Å²) in [5.74, 6) is 1.84. The molecule has 0 bridgehead atoms. The molecule has 1 aliphatic carbocycles. The predicted octanol–water partition coefficient (Wildman–Crippen LogP) is 4.93. The Morgan fingerprint density at radius 1 is 1.14 bits per heavy atom. The van der Waals surface area contributed by atoms with Crippen molar-refractivity contribution in [1.82, 2.24) is 14.5 Å². The molecule has 3 atom stereocenters. The number of aryl methyl sites for hydroxylation is 2. The van der Waals surface area contributed by atoms with Crippen LogP contribution in [0.15, 0.2) is 36.4 Å². The largest absolute Gasteiger partial charge is 0.378 e. The van der Waals surface area contributed by atoms with Crippen LogP contribution in [-0.2, 0) is 28.8 Å². The lowest BCUT2D eigenvalue weighted by molar-refractivity contribution is -0.115. The van der Waals surface area contributed by atoms with Gasteiger partial charge < -0.3 is 19.5 Å². The molecule has 0 spiro atoms. The molecule has 2 aliphatic rings. The fraction of sp³-hybridized carbons (Fsp3) is 0.517. The Balaban J connectivity index is 1.26. The van der Waals surface area contributed by atoms with Crippen molar-refractivity contribution in [2.75, 3.05) is 32.1 Å². The minimum Gasteiger partial charge on any atom is -0.378 e. The molecule has 3 unspecified atom stereocenters. The Labute approximate surface area is 208 Å². The Morgan fingerprint density at radius 3 is 2.74 bits per heavy atom. The standard InChI is InChI=1S/C29H38N4O2/c1-5-28-31-24-13-19(3)7-10-25(24)33(28)26-11-12-32(18-27(26)35-4)17-20-14-21-8-9-23(16-22(21)15-20)30-29(34)6-2/h7-10,13,16,20,26-27H,5-6,11-12,14-15,17-18H2,1-4H3,(H,30,34). The number of amides is 1. The minimum absolute atomic E-state index is 0.0695. The van der Waals surface area contributed by atoms with Gasteiger partial charge in [-0.25, -0.2) is 4.98 Å². The van der Waals surface area contributed by atoms with Crippen molar-refractivity contribution in [1.29, 1.82) is 0 Å². The van der Waals surface area contributed by atoms with Crippen LogP contribution in [0.2, 0.25) is 0 Å². The summed E-state index contributed by atoms with van der Waals surface area (Å²) in [6, 6.07) is 13.3. The monoisotopic (exact) mass is 474 g/mol. The van der Waals surface area contributed by atoms with Gasteiger partial charge in [0, 0.05) is 45.3 Å². The first-order valence-corrected chi connectivity index (χ1v) is 13.1. The number of nitrogens with zero attached hydrogens (tertiary/aromatic N) is 3. The fourth-order valence-electron chi connectivity index (χ4n) is 6.07. The summed E-state index contributed by atoms with van der Waals surface area (Å²) in [4.78, 5) is 19.3. The number of nitrogens with one attached hydrogen (secondary N) is 1. The number of likely N-dealkylation sites (tertiary alicyclic amines) is 1. The lowest BCUT2D eigenvalue weighted by Gasteiger charge is -2.40. The van der Waals surface area contributed by atoms with Gasteiger partial charge in [-0.05, 0) is 73.1 Å². The van der Waals surface area contributed by atoms with E-state index in [0.717, 1.165) is 62.3 Å². The molecule has 0 radical (unpaired) electrons. The SMILES string of the molecule is CCC(=O)Nc1ccc2c(c1)CC(CN1CCC(n3c(CC)nc4cc(C)ccc43)C(OC)C1)C2. The molecule has 1 amide bonds. The van der Waals surface area contributed by atoms with Crippen LogP contribution in [0.5, 0.6) is 0 Å². The number of rotatable bonds is 7. The molecule has 1 aliphatic heterocycles. The van der Waals surface area contributed by atoms with Crippen molar-refractivity contribution in [3.05, 3.63) is 58.9 Å². The summed E-state index contributed by atoms with van der Waals surface area (Å²) in [6.45, 7) is 9.31. The van der Waals surface area contributed by atoms with E-state index in [9.17, 15) is 4.79 Å². The van der Waals surface area contributed by atoms with Crippen LogP contribution in [0.1, 0.15) is 55.2 Å². The van der Waals surface area contributed by atoms with Crippen LogP contribution in [0, 0.1) is 12.8 Å². The van der Waals surface area contributed by atoms with E-state index >= 15 is 0 Å². The van der Waals surface area contributed by atoms with Crippen molar-refractivity contribution in [3.63, 3.8) is 0 Å². The van der Waals surface area contributed by atoms with Crippen LogP contribution in [-0.4, -0.2) is 53.2 Å². The van der Waals surface area contributed by atoms with E-state index in [2.05, 4.69) is 59.0 Å². The third kappa shape index (κ3) is 4.87. The molecule has 0 saturated carbocycles. The number of fused-ring (bicyclic) bond motifs is 2. The number of imidazole rings is 1. The van der Waals surface area contributed by atoms with Crippen molar-refractivity contribution in [2.45, 2.75) is 65.0 Å². The molecular formula is C29H38N4O2. The normalized spacial score (nSPS) is 22.5. The molecule has 1 aromatic heterocycles. The number of anilines is 1. The van der Waals surface area contributed by atoms with Gasteiger partial charge in [-0.1, -0.05) is 26.0 Å². The van der Waals surface area contributed by atoms with Crippen LogP contribution in [0.4, 0.5) is 5.69 Å². The van der Waals surface area contributed by atoms with E-state index in [1.807, 2.05) is 20.1 Å². The van der Waals surface area contributed by atoms with Crippen molar-refractivity contribution < 1.29 is 9.53 Å². The van der Waals surface area contributed by atoms with Gasteiger partial charge in [-0.2, -0.15) is 0 Å². The highest BCUT2D eigenvalue weighted by atomic mass is 16.5. The number of piperidine rings is 1. The Hall–Kier alpha value is -2.70. The maximum atomic E-state index is 11.8. The molecular weight excluding hydrogens is 436 g/mol. The van der Waals surface area contributed by atoms with E-state index in [1.165, 1.54) is 22.2 Å². The van der Waals surface area contributed by atoms with Gasteiger partial charge in [-0.15, -0.1) is 0 Å². The predicted molar refractivity (Wildman–Crippen MR) is 141 cm³/mol. The Bertz CT molecular complexity index is 1220. The number of benzene rings is 2. The first kappa shape index (κ1) is 24.0. The molecule has 6 nitrogen and oxygen atoms in total. The molecule has 1 saturated heterocycles. The molecule has 6 heteroatoms. The zero-order valence-corrected chi connectivity index (χ0v) is 21.5. The summed E-state index contributed by atoms with van der Waals surface area (Å²) >= 11 is 0. The van der Waals surface area contributed by atoms with Crippen LogP contribution < -0.4 is 5.32 Å². The van der Waals surface area contributed by atoms with E-state index in [-0.39, 0.29) is 12.0 Å². The van der Waals surface area contributed by atoms with E-state index in [4.69, 9.17) is 9.72 Å². The zero-order chi connectivity index (χ0) is 24.5. The Kier molecular flexibility index (Phi) is 6.94. The van der Waals surface area contributed by atoms with E-state index in [0.29, 0.717) is 18.4 Å². The number of carbonyl (C=O) groups is 1. The van der Waals surface area contributed by atoms with Gasteiger partial charge in [0.2, 0.25) is 5.91 Å². The van der Waals surface area contributed by atoms with Crippen molar-refractivity contribution >= 4 is 22.6 Å². The average Bonchev–Trinajstić information content (AvgIpc) is 3.43. The number of ether oxygens (including phenoxy) is 1. The molecule has 1 N–H and O–H groups in total. The summed E-state index contributed by atoms with van der Waals surface area (Å²) in [6.07, 6.45) is 4.83. The average molecular weight is 475 g/mol. The molecule has 2 heterocycles. The van der Waals surface area contributed by atoms with Crippen molar-refractivity contribution in [3.8, 4) is 0 Å². The summed E-state index contributed by atoms with van der Waals surface area (Å²) < 4.78 is 8.55. The molecule has 186 valence electrons. The quantitative estimate of drug-likeness (QED) is 0.527. The Morgan fingerprint density at radius 2 is 1.97 bits per heavy atom. The lowest BCUT2D eigenvalue weighted by atomic mass is 9.98. The summed E-state index contributed by atoms with van der Waals surface area (Å²) in [5.41, 5.74) is 7.30. The van der Waals surface area contributed by atoms with Crippen LogP contribution in [0.25, 0.3) is 11.0 Å². The van der Waals surface area contributed by atoms with Crippen molar-refractivity contribution in [2.24, 2.45) is 5.92 Å². The molecule has 2 aromatic carbocycles. The maximum Gasteiger partial charge on any atom is 0.224 e. The highest BCUT2D eigenvalue weighted by Crippen LogP contribution is 2.34. The van der Waals surface area contributed by atoms with Gasteiger partial charge in [0.25, 0.3) is 0 Å². The number of hydrogen-bond donors (Lipinski definition) is 1. The van der Waals surface area contributed by atoms with Gasteiger partial charge in [0.15, 0.2) is 0 Å². The number of hydrogen-bond acceptors (Lipinski definition) is 4. The first-order chi connectivity index (χ1) is 17.0. The minimum atomic E-state index is 0.0695. The second-order valence-electron chi connectivity index (χ2n) is 10.3. The van der Waals surface area contributed by atoms with E-state index < -0.39 is 0 Å². The highest BCUT2D eigenvalue weighted by molar-refractivity contribution is 5.90. The maximum absolute atomic E-state index is 11.8. The van der Waals surface area contributed by atoms with Gasteiger partial charge in [0.1, 0.15) is 5.82 Å². The molecule has 35 heavy (non-hydrogen) atoms. The second kappa shape index (κ2) is 10.1. The molecule has 3 aromatic rings. The highest BCUT2D eigenvalue weighted by Gasteiger charge is 2.34.